The molecule has 1 aliphatic heterocycles. The van der Waals surface area contributed by atoms with Gasteiger partial charge in [0.2, 0.25) is 5.82 Å². The molecule has 0 aliphatic carbocycles. The number of nitrogens with one attached hydrogen (secondary N) is 1. The zero-order valence-corrected chi connectivity index (χ0v) is 13.6. The van der Waals surface area contributed by atoms with Gasteiger partial charge in [-0.2, -0.15) is 0 Å². The van der Waals surface area contributed by atoms with E-state index in [9.17, 15) is 9.59 Å². The Labute approximate surface area is 133 Å². The molecular weight excluding hydrogens is 306 g/mol. The van der Waals surface area contributed by atoms with Crippen LogP contribution in [0.5, 0.6) is 0 Å². The lowest BCUT2D eigenvalue weighted by Gasteiger charge is -2.34. The fourth-order valence-corrected chi connectivity index (χ4v) is 2.29. The van der Waals surface area contributed by atoms with Crippen molar-refractivity contribution in [2.45, 2.75) is 13.0 Å². The molecule has 10 heteroatoms. The number of carbonyl (C=O) groups excluding carboxylic acids is 1. The number of carbonyl (C=O) groups is 2. The number of nitrogens with zero attached hydrogens (tertiary/aromatic N) is 4. The van der Waals surface area contributed by atoms with Crippen molar-refractivity contribution in [1.29, 1.82) is 0 Å². The molecule has 23 heavy (non-hydrogen) atoms. The van der Waals surface area contributed by atoms with Crippen LogP contribution in [0.2, 0.25) is 0 Å². The Balaban J connectivity index is 0.000000816. The third-order valence-electron chi connectivity index (χ3n) is 3.53. The van der Waals surface area contributed by atoms with Crippen LogP contribution in [0.25, 0.3) is 0 Å². The standard InChI is InChI=1S/C12H21N5O3.CH2O2/c1-9(17-4-6-20-7-5-17)8-15(2)11(18)10-13-12(19)16(3)14-10;2-1-3/h9H,4-8H2,1-3H3,(H,13,14,19);1H,(H,2,3). The molecule has 0 bridgehead atoms. The van der Waals surface area contributed by atoms with E-state index in [1.54, 1.807) is 11.9 Å². The Hall–Kier alpha value is -2.20. The van der Waals surface area contributed by atoms with Crippen LogP contribution in [0.4, 0.5) is 0 Å². The Morgan fingerprint density at radius 1 is 1.52 bits per heavy atom. The number of aromatic nitrogens is 3. The first-order chi connectivity index (χ1) is 10.9. The van der Waals surface area contributed by atoms with Crippen molar-refractivity contribution in [2.75, 3.05) is 39.9 Å². The highest BCUT2D eigenvalue weighted by Crippen LogP contribution is 2.06. The molecule has 1 saturated heterocycles. The van der Waals surface area contributed by atoms with E-state index in [2.05, 4.69) is 21.9 Å². The topological polar surface area (TPSA) is 121 Å². The van der Waals surface area contributed by atoms with Gasteiger partial charge in [0, 0.05) is 39.8 Å². The first-order valence-corrected chi connectivity index (χ1v) is 7.19. The highest BCUT2D eigenvalue weighted by Gasteiger charge is 2.22. The summed E-state index contributed by atoms with van der Waals surface area (Å²) in [6.07, 6.45) is 0. The summed E-state index contributed by atoms with van der Waals surface area (Å²) in [6, 6.07) is 0.239. The number of ether oxygens (including phenoxy) is 1. The Kier molecular flexibility index (Phi) is 7.42. The Bertz CT molecular complexity index is 563. The molecule has 1 aliphatic rings. The van der Waals surface area contributed by atoms with E-state index in [0.29, 0.717) is 6.54 Å². The minimum absolute atomic E-state index is 0.0779. The van der Waals surface area contributed by atoms with Crippen LogP contribution < -0.4 is 5.69 Å². The van der Waals surface area contributed by atoms with E-state index in [1.165, 1.54) is 7.05 Å². The lowest BCUT2D eigenvalue weighted by Crippen LogP contribution is -2.47. The van der Waals surface area contributed by atoms with Gasteiger partial charge >= 0.3 is 5.69 Å². The van der Waals surface area contributed by atoms with E-state index in [-0.39, 0.29) is 29.9 Å². The third-order valence-corrected chi connectivity index (χ3v) is 3.53. The van der Waals surface area contributed by atoms with Gasteiger partial charge in [-0.15, -0.1) is 5.10 Å². The van der Waals surface area contributed by atoms with Crippen molar-refractivity contribution in [3.8, 4) is 0 Å². The molecule has 0 radical (unpaired) electrons. The van der Waals surface area contributed by atoms with Crippen LogP contribution in [-0.2, 0) is 16.6 Å². The maximum Gasteiger partial charge on any atom is 0.343 e. The number of carboxylic acid groups (broad SMARTS) is 1. The van der Waals surface area contributed by atoms with Gasteiger partial charge < -0.3 is 14.7 Å². The number of aryl methyl sites for hydroxylation is 1. The van der Waals surface area contributed by atoms with E-state index in [4.69, 9.17) is 14.6 Å². The summed E-state index contributed by atoms with van der Waals surface area (Å²) >= 11 is 0. The minimum atomic E-state index is -0.386. The molecule has 1 unspecified atom stereocenters. The zero-order chi connectivity index (χ0) is 17.4. The van der Waals surface area contributed by atoms with E-state index in [1.807, 2.05) is 0 Å². The first kappa shape index (κ1) is 18.8. The summed E-state index contributed by atoms with van der Waals surface area (Å²) in [5, 5.41) is 10.8. The molecule has 1 amide bonds. The molecule has 0 aromatic carbocycles. The van der Waals surface area contributed by atoms with Crippen molar-refractivity contribution in [3.05, 3.63) is 16.3 Å². The quantitative estimate of drug-likeness (QED) is 0.652. The van der Waals surface area contributed by atoms with Gasteiger partial charge in [-0.25, -0.2) is 9.48 Å². The van der Waals surface area contributed by atoms with Crippen molar-refractivity contribution < 1.29 is 19.4 Å². The molecule has 2 rings (SSSR count). The predicted molar refractivity (Wildman–Crippen MR) is 81.3 cm³/mol. The summed E-state index contributed by atoms with van der Waals surface area (Å²) < 4.78 is 6.43. The first-order valence-electron chi connectivity index (χ1n) is 7.19. The van der Waals surface area contributed by atoms with Crippen LogP contribution in [0.15, 0.2) is 4.79 Å². The van der Waals surface area contributed by atoms with Crippen molar-refractivity contribution in [2.24, 2.45) is 7.05 Å². The molecule has 1 atom stereocenters. The summed E-state index contributed by atoms with van der Waals surface area (Å²) in [6.45, 7) is 5.63. The average molecular weight is 329 g/mol. The number of hydrogen-bond acceptors (Lipinski definition) is 6. The molecule has 0 saturated carbocycles. The Morgan fingerprint density at radius 3 is 2.57 bits per heavy atom. The van der Waals surface area contributed by atoms with Crippen LogP contribution in [0.1, 0.15) is 17.5 Å². The fourth-order valence-electron chi connectivity index (χ4n) is 2.29. The van der Waals surface area contributed by atoms with Crippen molar-refractivity contribution >= 4 is 12.4 Å². The number of aromatic amines is 1. The maximum absolute atomic E-state index is 12.2. The van der Waals surface area contributed by atoms with Gasteiger partial charge in [0.25, 0.3) is 12.4 Å². The largest absolute Gasteiger partial charge is 0.483 e. The summed E-state index contributed by atoms with van der Waals surface area (Å²) in [5.41, 5.74) is -0.386. The van der Waals surface area contributed by atoms with Crippen LogP contribution >= 0.6 is 0 Å². The predicted octanol–water partition coefficient (Wildman–Crippen LogP) is -1.40. The lowest BCUT2D eigenvalue weighted by atomic mass is 10.2. The van der Waals surface area contributed by atoms with Crippen LogP contribution in [0, 0.1) is 0 Å². The number of rotatable bonds is 4. The third kappa shape index (κ3) is 5.49. The zero-order valence-electron chi connectivity index (χ0n) is 13.6. The highest BCUT2D eigenvalue weighted by atomic mass is 16.5. The monoisotopic (exact) mass is 329 g/mol. The lowest BCUT2D eigenvalue weighted by molar-refractivity contribution is -0.122. The Morgan fingerprint density at radius 2 is 2.09 bits per heavy atom. The van der Waals surface area contributed by atoms with Crippen LogP contribution in [-0.4, -0.2) is 88.0 Å². The number of morpholine rings is 1. The molecule has 1 aromatic heterocycles. The van der Waals surface area contributed by atoms with Gasteiger partial charge in [0.05, 0.1) is 13.2 Å². The molecule has 2 N–H and O–H groups in total. The van der Waals surface area contributed by atoms with Gasteiger partial charge in [0.1, 0.15) is 0 Å². The van der Waals surface area contributed by atoms with E-state index >= 15 is 0 Å². The summed E-state index contributed by atoms with van der Waals surface area (Å²) in [4.78, 5) is 38.1. The molecule has 1 fully saturated rings. The van der Waals surface area contributed by atoms with E-state index < -0.39 is 0 Å². The van der Waals surface area contributed by atoms with Crippen LogP contribution in [0.3, 0.4) is 0 Å². The molecular formula is C13H23N5O5. The molecule has 2 heterocycles. The van der Waals surface area contributed by atoms with E-state index in [0.717, 1.165) is 31.0 Å². The van der Waals surface area contributed by atoms with Gasteiger partial charge in [-0.1, -0.05) is 0 Å². The molecule has 10 nitrogen and oxygen atoms in total. The second-order valence-electron chi connectivity index (χ2n) is 5.19. The summed E-state index contributed by atoms with van der Waals surface area (Å²) in [7, 11) is 3.22. The van der Waals surface area contributed by atoms with Gasteiger partial charge in [0.15, 0.2) is 0 Å². The average Bonchev–Trinajstić information content (AvgIpc) is 2.87. The number of likely N-dealkylation sites (N-methyl/N-ethyl adjacent to an activating group) is 1. The fraction of sp³-hybridized carbons (Fsp3) is 0.692. The second kappa shape index (κ2) is 9.06. The van der Waals surface area contributed by atoms with Gasteiger partial charge in [-0.3, -0.25) is 19.5 Å². The SMILES string of the molecule is CC(CN(C)C(=O)c1nn(C)c(=O)[nH]1)N1CCOCC1.O=CO. The van der Waals surface area contributed by atoms with Gasteiger partial charge in [-0.05, 0) is 6.92 Å². The van der Waals surface area contributed by atoms with Crippen molar-refractivity contribution in [3.63, 3.8) is 0 Å². The number of amides is 1. The highest BCUT2D eigenvalue weighted by molar-refractivity contribution is 5.90. The number of hydrogen-bond donors (Lipinski definition) is 2. The minimum Gasteiger partial charge on any atom is -0.483 e. The molecule has 1 aromatic rings. The molecule has 0 spiro atoms. The second-order valence-corrected chi connectivity index (χ2v) is 5.19. The number of H-pyrrole nitrogens is 1. The normalized spacial score (nSPS) is 16.1. The molecule has 130 valence electrons. The maximum atomic E-state index is 12.2. The van der Waals surface area contributed by atoms with Crippen molar-refractivity contribution in [1.82, 2.24) is 24.6 Å². The summed E-state index contributed by atoms with van der Waals surface area (Å²) in [5.74, 6) is -0.197. The smallest absolute Gasteiger partial charge is 0.343 e.